The van der Waals surface area contributed by atoms with Gasteiger partial charge in [-0.3, -0.25) is 19.1 Å². The zero-order chi connectivity index (χ0) is 35.1. The summed E-state index contributed by atoms with van der Waals surface area (Å²) in [6, 6.07) is 16.2. The van der Waals surface area contributed by atoms with Gasteiger partial charge in [-0.25, -0.2) is 13.4 Å². The molecule has 1 saturated heterocycles. The molecule has 2 aromatic carbocycles. The van der Waals surface area contributed by atoms with Gasteiger partial charge in [0, 0.05) is 30.1 Å². The lowest BCUT2D eigenvalue weighted by atomic mass is 9.91. The number of ether oxygens (including phenoxy) is 1. The van der Waals surface area contributed by atoms with Crippen LogP contribution >= 0.6 is 0 Å². The molecule has 3 heterocycles. The summed E-state index contributed by atoms with van der Waals surface area (Å²) in [5, 5.41) is 5.27. The number of carbonyl (C=O) groups is 3. The molecule has 3 aromatic rings. The first-order chi connectivity index (χ1) is 24.0. The monoisotopic (exact) mass is 698 g/mol. The second-order valence-corrected chi connectivity index (χ2v) is 17.1. The number of fused-ring (bicyclic) bond motifs is 3. The number of aromatic nitrogens is 1. The molecule has 0 bridgehead atoms. The van der Waals surface area contributed by atoms with Crippen molar-refractivity contribution in [2.45, 2.75) is 101 Å². The van der Waals surface area contributed by atoms with Crippen LogP contribution in [0.5, 0.6) is 5.88 Å². The minimum atomic E-state index is -3.89. The maximum Gasteiger partial charge on any atom is 0.245 e. The van der Waals surface area contributed by atoms with Crippen LogP contribution in [-0.4, -0.2) is 65.4 Å². The number of nitrogens with one attached hydrogen (secondary N) is 2. The summed E-state index contributed by atoms with van der Waals surface area (Å²) in [6.07, 6.45) is 10.7. The van der Waals surface area contributed by atoms with E-state index in [0.717, 1.165) is 47.7 Å². The van der Waals surface area contributed by atoms with Crippen LogP contribution in [0.4, 0.5) is 5.69 Å². The van der Waals surface area contributed by atoms with Gasteiger partial charge >= 0.3 is 0 Å². The standard InChI is InChI=1S/C39H46N4O6S/c1-26-11-10-14-29(21-26)41-32-16-7-5-3-4-6-13-28-23-39(28,37(46)42-50(47,48)38(2)18-19-38)24-34(44)33-22-30(25-43(33)36(32)45)49-35-31-15-9-8-12-27(31)17-20-40-35/h6,8-15,17,20-21,28,30,32-33,41H,3-5,7,16,18-19,22-25H2,1-2H3,(H,42,46)/b13-6-/t28-,30+,32-,33-,39+/m0/s1. The van der Waals surface area contributed by atoms with Crippen LogP contribution in [0.15, 0.2) is 72.9 Å². The molecular weight excluding hydrogens is 653 g/mol. The summed E-state index contributed by atoms with van der Waals surface area (Å²) < 4.78 is 34.1. The quantitative estimate of drug-likeness (QED) is 0.293. The third-order valence-electron chi connectivity index (χ3n) is 11.1. The van der Waals surface area contributed by atoms with Crippen molar-refractivity contribution in [1.82, 2.24) is 14.6 Å². The Bertz CT molecular complexity index is 1940. The van der Waals surface area contributed by atoms with Crippen molar-refractivity contribution in [3.63, 3.8) is 0 Å². The van der Waals surface area contributed by atoms with E-state index < -0.39 is 44.3 Å². The molecule has 3 fully saturated rings. The number of benzene rings is 2. The molecule has 10 nitrogen and oxygen atoms in total. The number of amides is 2. The first-order valence-electron chi connectivity index (χ1n) is 17.9. The Labute approximate surface area is 294 Å². The smallest absolute Gasteiger partial charge is 0.245 e. The van der Waals surface area contributed by atoms with Gasteiger partial charge in [-0.2, -0.15) is 0 Å². The van der Waals surface area contributed by atoms with Gasteiger partial charge in [0.1, 0.15) is 12.1 Å². The molecule has 50 heavy (non-hydrogen) atoms. The molecule has 0 radical (unpaired) electrons. The van der Waals surface area contributed by atoms with Crippen molar-refractivity contribution in [3.8, 4) is 5.88 Å². The Hall–Kier alpha value is -4.25. The largest absolute Gasteiger partial charge is 0.472 e. The number of hydrogen-bond donors (Lipinski definition) is 2. The fourth-order valence-electron chi connectivity index (χ4n) is 7.57. The van der Waals surface area contributed by atoms with Crippen molar-refractivity contribution in [2.24, 2.45) is 11.3 Å². The number of aryl methyl sites for hydroxylation is 1. The Kier molecular flexibility index (Phi) is 9.21. The fourth-order valence-corrected chi connectivity index (χ4v) is 8.90. The van der Waals surface area contributed by atoms with E-state index in [-0.39, 0.29) is 37.0 Å². The Morgan fingerprint density at radius 1 is 1.04 bits per heavy atom. The van der Waals surface area contributed by atoms with Crippen LogP contribution in [0.3, 0.4) is 0 Å². The summed E-state index contributed by atoms with van der Waals surface area (Å²) >= 11 is 0. The Morgan fingerprint density at radius 3 is 2.66 bits per heavy atom. The average Bonchev–Trinajstić information content (AvgIpc) is 3.97. The van der Waals surface area contributed by atoms with Crippen molar-refractivity contribution >= 4 is 44.1 Å². The molecule has 11 heteroatoms. The minimum absolute atomic E-state index is 0.163. The van der Waals surface area contributed by atoms with Crippen molar-refractivity contribution < 1.29 is 27.5 Å². The van der Waals surface area contributed by atoms with Gasteiger partial charge in [0.25, 0.3) is 0 Å². The third kappa shape index (κ3) is 6.89. The van der Waals surface area contributed by atoms with Crippen LogP contribution in [0.25, 0.3) is 10.8 Å². The van der Waals surface area contributed by atoms with Crippen molar-refractivity contribution in [3.05, 3.63) is 78.5 Å². The lowest BCUT2D eigenvalue weighted by Crippen LogP contribution is -2.49. The van der Waals surface area contributed by atoms with E-state index in [0.29, 0.717) is 31.6 Å². The summed E-state index contributed by atoms with van der Waals surface area (Å²) in [5.41, 5.74) is 0.717. The van der Waals surface area contributed by atoms with Crippen LogP contribution < -0.4 is 14.8 Å². The number of nitrogens with zero attached hydrogens (tertiary/aromatic N) is 2. The number of Topliss-reactive ketones (excluding diaryl/α,β-unsaturated/α-hetero) is 1. The second kappa shape index (κ2) is 13.5. The van der Waals surface area contributed by atoms with Gasteiger partial charge in [-0.05, 0) is 93.5 Å². The number of ketones is 1. The summed E-state index contributed by atoms with van der Waals surface area (Å²) in [6.45, 7) is 3.82. The van der Waals surface area contributed by atoms with Crippen molar-refractivity contribution in [1.29, 1.82) is 0 Å². The van der Waals surface area contributed by atoms with E-state index in [1.165, 1.54) is 0 Å². The van der Waals surface area contributed by atoms with E-state index in [4.69, 9.17) is 4.74 Å². The van der Waals surface area contributed by atoms with Gasteiger partial charge in [0.2, 0.25) is 27.7 Å². The van der Waals surface area contributed by atoms with Gasteiger partial charge in [-0.15, -0.1) is 0 Å². The first-order valence-corrected chi connectivity index (χ1v) is 19.4. The van der Waals surface area contributed by atoms with Gasteiger partial charge in [0.15, 0.2) is 5.78 Å². The highest BCUT2D eigenvalue weighted by Gasteiger charge is 2.62. The van der Waals surface area contributed by atoms with E-state index in [9.17, 15) is 22.8 Å². The minimum Gasteiger partial charge on any atom is -0.472 e. The predicted molar refractivity (Wildman–Crippen MR) is 192 cm³/mol. The molecular formula is C39H46N4O6S. The molecule has 0 spiro atoms. The lowest BCUT2D eigenvalue weighted by Gasteiger charge is -2.30. The maximum absolute atomic E-state index is 14.6. The average molecular weight is 699 g/mol. The summed E-state index contributed by atoms with van der Waals surface area (Å²) in [7, 11) is -3.89. The number of anilines is 1. The molecule has 7 rings (SSSR count). The molecule has 5 atom stereocenters. The highest BCUT2D eigenvalue weighted by Crippen LogP contribution is 2.57. The van der Waals surface area contributed by atoms with Gasteiger partial charge < -0.3 is 15.0 Å². The molecule has 4 aliphatic rings. The summed E-state index contributed by atoms with van der Waals surface area (Å²) in [5.74, 6) is -0.898. The fraction of sp³-hybridized carbons (Fsp3) is 0.487. The molecule has 1 aromatic heterocycles. The zero-order valence-electron chi connectivity index (χ0n) is 28.8. The van der Waals surface area contributed by atoms with Crippen molar-refractivity contribution in [2.75, 3.05) is 11.9 Å². The normalized spacial score (nSPS) is 28.8. The number of carbonyl (C=O) groups excluding carboxylic acids is 3. The van der Waals surface area contributed by atoms with Gasteiger partial charge in [-0.1, -0.05) is 55.3 Å². The highest BCUT2D eigenvalue weighted by atomic mass is 32.2. The number of hydrogen-bond acceptors (Lipinski definition) is 8. The zero-order valence-corrected chi connectivity index (χ0v) is 29.6. The maximum atomic E-state index is 14.6. The second-order valence-electron chi connectivity index (χ2n) is 14.9. The van der Waals surface area contributed by atoms with Crippen LogP contribution in [0.1, 0.15) is 76.7 Å². The van der Waals surface area contributed by atoms with Crippen LogP contribution in [0.2, 0.25) is 0 Å². The van der Waals surface area contributed by atoms with Crippen LogP contribution in [0, 0.1) is 18.3 Å². The Morgan fingerprint density at radius 2 is 1.86 bits per heavy atom. The number of pyridine rings is 1. The van der Waals surface area contributed by atoms with E-state index in [1.54, 1.807) is 18.0 Å². The molecule has 264 valence electrons. The van der Waals surface area contributed by atoms with Crippen LogP contribution in [-0.2, 0) is 24.4 Å². The highest BCUT2D eigenvalue weighted by molar-refractivity contribution is 7.91. The van der Waals surface area contributed by atoms with E-state index >= 15 is 0 Å². The number of rotatable bonds is 7. The number of allylic oxidation sites excluding steroid dienone is 2. The number of sulfonamides is 1. The van der Waals surface area contributed by atoms with E-state index in [1.807, 2.05) is 67.6 Å². The molecule has 2 aliphatic heterocycles. The SMILES string of the molecule is Cc1cccc(N[C@H]2CCCCC/C=C\[C@H]3C[C@@]3(C(=O)NS(=O)(=O)C3(C)CC3)CC(=O)[C@@H]3C[C@@H](Oc4nccc5ccccc45)CN3C2=O)c1. The third-order valence-corrected chi connectivity index (χ3v) is 13.3. The first kappa shape index (κ1) is 34.2. The van der Waals surface area contributed by atoms with E-state index in [2.05, 4.69) is 21.1 Å². The predicted octanol–water partition coefficient (Wildman–Crippen LogP) is 5.86. The Balaban J connectivity index is 1.20. The topological polar surface area (TPSA) is 135 Å². The lowest BCUT2D eigenvalue weighted by molar-refractivity contribution is -0.139. The molecule has 2 amide bonds. The molecule has 2 saturated carbocycles. The van der Waals surface area contributed by atoms with Gasteiger partial charge in [0.05, 0.1) is 22.7 Å². The molecule has 0 unspecified atom stereocenters. The molecule has 2 aliphatic carbocycles. The molecule has 2 N–H and O–H groups in total. The summed E-state index contributed by atoms with van der Waals surface area (Å²) in [4.78, 5) is 49.1.